The first-order chi connectivity index (χ1) is 11.7. The Hall–Kier alpha value is -1.87. The second kappa shape index (κ2) is 7.80. The summed E-state index contributed by atoms with van der Waals surface area (Å²) >= 11 is 0. The molecular formula is C21H28N2O. The van der Waals surface area contributed by atoms with Crippen molar-refractivity contribution in [3.63, 3.8) is 0 Å². The molecule has 0 radical (unpaired) electrons. The summed E-state index contributed by atoms with van der Waals surface area (Å²) in [6.07, 6.45) is 11.6. The Morgan fingerprint density at radius 2 is 2.08 bits per heavy atom. The maximum Gasteiger partial charge on any atom is 0.250 e. The lowest BCUT2D eigenvalue weighted by atomic mass is 10.1. The Kier molecular flexibility index (Phi) is 5.52. The fourth-order valence-electron chi connectivity index (χ4n) is 3.75. The molecule has 1 fully saturated rings. The number of carbonyl (C=O) groups excluding carboxylic acids is 1. The van der Waals surface area contributed by atoms with Crippen molar-refractivity contribution in [2.45, 2.75) is 51.1 Å². The number of likely N-dealkylation sites (N-methyl/N-ethyl adjacent to an activating group) is 1. The standard InChI is InChI=1S/C21H28N2O/c1-3-4-14-23(20-15-18-11-12-19(16-20)22(18)2)21(24)13-10-17-8-6-5-7-9-17/h5-10,13,15,18-19H,3-4,11-12,14,16H2,1-2H3/b13-10+/t18-,19+/m0/s1. The lowest BCUT2D eigenvalue weighted by molar-refractivity contribution is -0.124. The number of fused-ring (bicyclic) bond motifs is 2. The van der Waals surface area contributed by atoms with E-state index in [0.29, 0.717) is 12.1 Å². The van der Waals surface area contributed by atoms with E-state index in [0.717, 1.165) is 31.4 Å². The van der Waals surface area contributed by atoms with Gasteiger partial charge in [-0.2, -0.15) is 0 Å². The zero-order valence-electron chi connectivity index (χ0n) is 14.8. The average Bonchev–Trinajstić information content (AvgIpc) is 2.82. The van der Waals surface area contributed by atoms with Crippen LogP contribution in [0.4, 0.5) is 0 Å². The van der Waals surface area contributed by atoms with Gasteiger partial charge in [-0.1, -0.05) is 43.7 Å². The molecule has 0 saturated carbocycles. The zero-order chi connectivity index (χ0) is 16.9. The number of unbranched alkanes of at least 4 members (excludes halogenated alkanes) is 1. The Labute approximate surface area is 145 Å². The van der Waals surface area contributed by atoms with Crippen LogP contribution in [0.15, 0.2) is 48.2 Å². The number of benzene rings is 1. The van der Waals surface area contributed by atoms with Crippen molar-refractivity contribution in [2.24, 2.45) is 0 Å². The van der Waals surface area contributed by atoms with Gasteiger partial charge in [0.2, 0.25) is 0 Å². The summed E-state index contributed by atoms with van der Waals surface area (Å²) in [5.41, 5.74) is 2.30. The van der Waals surface area contributed by atoms with Gasteiger partial charge in [0, 0.05) is 36.8 Å². The number of rotatable bonds is 6. The van der Waals surface area contributed by atoms with E-state index in [4.69, 9.17) is 0 Å². The molecule has 1 amide bonds. The van der Waals surface area contributed by atoms with Crippen molar-refractivity contribution in [2.75, 3.05) is 13.6 Å². The average molecular weight is 324 g/mol. The molecule has 2 aliphatic heterocycles. The van der Waals surface area contributed by atoms with E-state index in [1.54, 1.807) is 6.08 Å². The fourth-order valence-corrected chi connectivity index (χ4v) is 3.75. The molecule has 2 atom stereocenters. The molecule has 0 aliphatic carbocycles. The van der Waals surface area contributed by atoms with Gasteiger partial charge in [-0.3, -0.25) is 9.69 Å². The van der Waals surface area contributed by atoms with Crippen LogP contribution < -0.4 is 0 Å². The van der Waals surface area contributed by atoms with Gasteiger partial charge in [-0.25, -0.2) is 0 Å². The fraction of sp³-hybridized carbons (Fsp3) is 0.476. The Balaban J connectivity index is 1.75. The van der Waals surface area contributed by atoms with Crippen LogP contribution in [-0.4, -0.2) is 41.4 Å². The summed E-state index contributed by atoms with van der Waals surface area (Å²) in [7, 11) is 2.21. The van der Waals surface area contributed by atoms with E-state index in [-0.39, 0.29) is 5.91 Å². The van der Waals surface area contributed by atoms with Gasteiger partial charge in [-0.05, 0) is 44.0 Å². The van der Waals surface area contributed by atoms with E-state index in [2.05, 4.69) is 24.9 Å². The summed E-state index contributed by atoms with van der Waals surface area (Å²) in [5, 5.41) is 0. The van der Waals surface area contributed by atoms with Gasteiger partial charge in [0.05, 0.1) is 0 Å². The van der Waals surface area contributed by atoms with Crippen molar-refractivity contribution in [1.29, 1.82) is 0 Å². The number of hydrogen-bond donors (Lipinski definition) is 0. The Bertz CT molecular complexity index is 620. The minimum absolute atomic E-state index is 0.113. The van der Waals surface area contributed by atoms with E-state index < -0.39 is 0 Å². The summed E-state index contributed by atoms with van der Waals surface area (Å²) in [4.78, 5) is 17.3. The molecule has 24 heavy (non-hydrogen) atoms. The van der Waals surface area contributed by atoms with E-state index >= 15 is 0 Å². The molecule has 0 aromatic heterocycles. The largest absolute Gasteiger partial charge is 0.313 e. The molecule has 128 valence electrons. The number of amides is 1. The molecule has 0 N–H and O–H groups in total. The van der Waals surface area contributed by atoms with Crippen molar-refractivity contribution >= 4 is 12.0 Å². The number of carbonyl (C=O) groups is 1. The van der Waals surface area contributed by atoms with Crippen LogP contribution in [0.5, 0.6) is 0 Å². The molecular weight excluding hydrogens is 296 g/mol. The van der Waals surface area contributed by atoms with Crippen LogP contribution in [0.1, 0.15) is 44.6 Å². The molecule has 1 aromatic rings. The van der Waals surface area contributed by atoms with Crippen LogP contribution in [0.3, 0.4) is 0 Å². The molecule has 0 spiro atoms. The molecule has 0 unspecified atom stereocenters. The third kappa shape index (κ3) is 3.78. The van der Waals surface area contributed by atoms with Gasteiger partial charge >= 0.3 is 0 Å². The van der Waals surface area contributed by atoms with Crippen molar-refractivity contribution in [3.8, 4) is 0 Å². The van der Waals surface area contributed by atoms with Gasteiger partial charge in [0.1, 0.15) is 0 Å². The Morgan fingerprint density at radius 3 is 2.79 bits per heavy atom. The van der Waals surface area contributed by atoms with Crippen molar-refractivity contribution in [1.82, 2.24) is 9.80 Å². The second-order valence-electron chi connectivity index (χ2n) is 6.91. The van der Waals surface area contributed by atoms with Crippen LogP contribution in [0.2, 0.25) is 0 Å². The summed E-state index contributed by atoms with van der Waals surface area (Å²) in [6, 6.07) is 11.1. The highest BCUT2D eigenvalue weighted by Gasteiger charge is 2.35. The van der Waals surface area contributed by atoms with Crippen molar-refractivity contribution < 1.29 is 4.79 Å². The van der Waals surface area contributed by atoms with Crippen LogP contribution in [0, 0.1) is 0 Å². The topological polar surface area (TPSA) is 23.6 Å². The SMILES string of the molecule is CCCCN(C(=O)/C=C/c1ccccc1)C1=C[C@@H]2CC[C@H](C1)N2C. The predicted octanol–water partition coefficient (Wildman–Crippen LogP) is 4.08. The highest BCUT2D eigenvalue weighted by atomic mass is 16.2. The number of hydrogen-bond acceptors (Lipinski definition) is 2. The Morgan fingerprint density at radius 1 is 1.29 bits per heavy atom. The molecule has 2 heterocycles. The molecule has 2 aliphatic rings. The van der Waals surface area contributed by atoms with Crippen molar-refractivity contribution in [3.05, 3.63) is 53.7 Å². The zero-order valence-corrected chi connectivity index (χ0v) is 14.8. The molecule has 3 rings (SSSR count). The van der Waals surface area contributed by atoms with E-state index in [9.17, 15) is 4.79 Å². The quantitative estimate of drug-likeness (QED) is 0.736. The summed E-state index contributed by atoms with van der Waals surface area (Å²) in [6.45, 7) is 3.00. The van der Waals surface area contributed by atoms with Gasteiger partial charge < -0.3 is 4.90 Å². The molecule has 3 heteroatoms. The summed E-state index contributed by atoms with van der Waals surface area (Å²) < 4.78 is 0. The highest BCUT2D eigenvalue weighted by molar-refractivity contribution is 5.93. The first-order valence-electron chi connectivity index (χ1n) is 9.16. The third-order valence-electron chi connectivity index (χ3n) is 5.29. The maximum atomic E-state index is 12.8. The van der Waals surface area contributed by atoms with Gasteiger partial charge in [-0.15, -0.1) is 0 Å². The maximum absolute atomic E-state index is 12.8. The van der Waals surface area contributed by atoms with E-state index in [1.807, 2.05) is 41.3 Å². The van der Waals surface area contributed by atoms with Gasteiger partial charge in [0.25, 0.3) is 5.91 Å². The monoisotopic (exact) mass is 324 g/mol. The van der Waals surface area contributed by atoms with E-state index in [1.165, 1.54) is 18.5 Å². The molecule has 1 aromatic carbocycles. The molecule has 2 bridgehead atoms. The lowest BCUT2D eigenvalue weighted by Crippen LogP contribution is -2.40. The normalized spacial score (nSPS) is 23.5. The smallest absolute Gasteiger partial charge is 0.250 e. The minimum atomic E-state index is 0.113. The van der Waals surface area contributed by atoms with Crippen LogP contribution in [0.25, 0.3) is 6.08 Å². The lowest BCUT2D eigenvalue weighted by Gasteiger charge is -2.35. The number of nitrogens with zero attached hydrogens (tertiary/aromatic N) is 2. The van der Waals surface area contributed by atoms with Crippen LogP contribution in [-0.2, 0) is 4.79 Å². The predicted molar refractivity (Wildman–Crippen MR) is 99.4 cm³/mol. The van der Waals surface area contributed by atoms with Gasteiger partial charge in [0.15, 0.2) is 0 Å². The minimum Gasteiger partial charge on any atom is -0.313 e. The second-order valence-corrected chi connectivity index (χ2v) is 6.91. The first-order valence-corrected chi connectivity index (χ1v) is 9.16. The summed E-state index contributed by atoms with van der Waals surface area (Å²) in [5.74, 6) is 0.113. The van der Waals surface area contributed by atoms with Crippen LogP contribution >= 0.6 is 0 Å². The molecule has 1 saturated heterocycles. The molecule has 3 nitrogen and oxygen atoms in total. The third-order valence-corrected chi connectivity index (χ3v) is 5.29. The first kappa shape index (κ1) is 17.0. The highest BCUT2D eigenvalue weighted by Crippen LogP contribution is 2.34.